The number of aliphatic imine (C=N–C) groups is 2. The highest BCUT2D eigenvalue weighted by atomic mass is 35.5. The largest absolute Gasteiger partial charge is 0.292 e. The molecule has 0 saturated carbocycles. The molecule has 0 atom stereocenters. The molecule has 156 valence electrons. The lowest BCUT2D eigenvalue weighted by atomic mass is 10.0. The Morgan fingerprint density at radius 2 is 1.14 bits per heavy atom. The highest BCUT2D eigenvalue weighted by molar-refractivity contribution is 7.95. The zero-order valence-corrected chi connectivity index (χ0v) is 20.1. The SMILES string of the molecule is CC(C)c1cc(Cl)ccc1N=CN(C)SN(C)C=Nc1ccc(Cl)cc1C(C)C. The van der Waals surface area contributed by atoms with Gasteiger partial charge in [0.1, 0.15) is 12.7 Å². The van der Waals surface area contributed by atoms with Crippen LogP contribution in [0.25, 0.3) is 0 Å². The Kier molecular flexibility index (Phi) is 8.87. The molecule has 0 bridgehead atoms. The molecule has 29 heavy (non-hydrogen) atoms. The number of halogens is 2. The Labute approximate surface area is 188 Å². The van der Waals surface area contributed by atoms with E-state index in [1.54, 1.807) is 12.7 Å². The summed E-state index contributed by atoms with van der Waals surface area (Å²) in [5.74, 6) is 0.700. The third kappa shape index (κ3) is 7.25. The molecule has 0 aliphatic carbocycles. The molecule has 0 spiro atoms. The van der Waals surface area contributed by atoms with Crippen LogP contribution in [0.15, 0.2) is 46.4 Å². The van der Waals surface area contributed by atoms with Crippen LogP contribution in [0.3, 0.4) is 0 Å². The lowest BCUT2D eigenvalue weighted by Crippen LogP contribution is -2.16. The van der Waals surface area contributed by atoms with Crippen molar-refractivity contribution in [3.05, 3.63) is 57.6 Å². The molecule has 0 heterocycles. The minimum absolute atomic E-state index is 0.350. The van der Waals surface area contributed by atoms with Gasteiger partial charge in [-0.15, -0.1) is 0 Å². The standard InChI is InChI=1S/C22H28Cl2N4S/c1-15(2)19-11-17(23)7-9-21(19)25-13-27(5)29-28(6)14-26-22-10-8-18(24)12-20(22)16(3)4/h7-16H,1-6H3. The summed E-state index contributed by atoms with van der Waals surface area (Å²) >= 11 is 13.7. The van der Waals surface area contributed by atoms with Gasteiger partial charge in [0.2, 0.25) is 0 Å². The topological polar surface area (TPSA) is 31.2 Å². The maximum absolute atomic E-state index is 6.12. The first-order valence-electron chi connectivity index (χ1n) is 9.48. The lowest BCUT2D eigenvalue weighted by molar-refractivity contribution is 0.778. The number of benzene rings is 2. The molecular formula is C22H28Cl2N4S. The van der Waals surface area contributed by atoms with Gasteiger partial charge in [-0.1, -0.05) is 50.9 Å². The van der Waals surface area contributed by atoms with E-state index in [2.05, 4.69) is 37.7 Å². The zero-order valence-electron chi connectivity index (χ0n) is 17.7. The number of nitrogens with zero attached hydrogens (tertiary/aromatic N) is 4. The van der Waals surface area contributed by atoms with Gasteiger partial charge in [-0.05, 0) is 59.4 Å². The third-order valence-corrected chi connectivity index (χ3v) is 5.37. The van der Waals surface area contributed by atoms with Gasteiger partial charge in [-0.3, -0.25) is 8.61 Å². The predicted molar refractivity (Wildman–Crippen MR) is 131 cm³/mol. The fourth-order valence-corrected chi connectivity index (χ4v) is 3.69. The fraction of sp³-hybridized carbons (Fsp3) is 0.364. The van der Waals surface area contributed by atoms with E-state index in [-0.39, 0.29) is 0 Å². The molecule has 2 aromatic rings. The first-order chi connectivity index (χ1) is 13.7. The van der Waals surface area contributed by atoms with E-state index in [0.717, 1.165) is 32.5 Å². The van der Waals surface area contributed by atoms with Gasteiger partial charge in [-0.25, -0.2) is 9.98 Å². The average Bonchev–Trinajstić information content (AvgIpc) is 2.65. The summed E-state index contributed by atoms with van der Waals surface area (Å²) in [6, 6.07) is 11.6. The highest BCUT2D eigenvalue weighted by Gasteiger charge is 2.08. The summed E-state index contributed by atoms with van der Waals surface area (Å²) < 4.78 is 3.85. The van der Waals surface area contributed by atoms with Crippen molar-refractivity contribution < 1.29 is 0 Å². The molecule has 4 nitrogen and oxygen atoms in total. The quantitative estimate of drug-likeness (QED) is 0.234. The molecule has 0 saturated heterocycles. The normalized spacial score (nSPS) is 11.9. The molecule has 0 aliphatic heterocycles. The molecule has 0 radical (unpaired) electrons. The molecule has 0 aliphatic rings. The molecule has 2 aromatic carbocycles. The first kappa shape index (κ1) is 23.6. The van der Waals surface area contributed by atoms with Gasteiger partial charge < -0.3 is 0 Å². The fourth-order valence-electron chi connectivity index (χ4n) is 2.74. The lowest BCUT2D eigenvalue weighted by Gasteiger charge is -2.18. The van der Waals surface area contributed by atoms with Crippen molar-refractivity contribution in [2.45, 2.75) is 39.5 Å². The van der Waals surface area contributed by atoms with Crippen LogP contribution in [0, 0.1) is 0 Å². The molecule has 0 unspecified atom stereocenters. The van der Waals surface area contributed by atoms with Gasteiger partial charge in [0.25, 0.3) is 0 Å². The monoisotopic (exact) mass is 450 g/mol. The second kappa shape index (κ2) is 10.9. The van der Waals surface area contributed by atoms with E-state index in [1.165, 1.54) is 12.1 Å². The summed E-state index contributed by atoms with van der Waals surface area (Å²) in [7, 11) is 3.90. The summed E-state index contributed by atoms with van der Waals surface area (Å²) in [4.78, 5) is 9.24. The Morgan fingerprint density at radius 1 is 0.759 bits per heavy atom. The minimum Gasteiger partial charge on any atom is -0.292 e. The Morgan fingerprint density at radius 3 is 1.48 bits per heavy atom. The molecule has 0 N–H and O–H groups in total. The van der Waals surface area contributed by atoms with Crippen LogP contribution in [-0.4, -0.2) is 35.4 Å². The third-order valence-electron chi connectivity index (χ3n) is 4.20. The average molecular weight is 451 g/mol. The van der Waals surface area contributed by atoms with E-state index < -0.39 is 0 Å². The minimum atomic E-state index is 0.350. The van der Waals surface area contributed by atoms with Crippen molar-refractivity contribution in [1.29, 1.82) is 0 Å². The van der Waals surface area contributed by atoms with Crippen LogP contribution in [0.2, 0.25) is 10.0 Å². The van der Waals surface area contributed by atoms with E-state index in [0.29, 0.717) is 11.8 Å². The highest BCUT2D eigenvalue weighted by Crippen LogP contribution is 2.31. The Bertz CT molecular complexity index is 810. The summed E-state index contributed by atoms with van der Waals surface area (Å²) in [6.45, 7) is 8.54. The zero-order chi connectivity index (χ0) is 21.6. The molecule has 0 amide bonds. The second-order valence-corrected chi connectivity index (χ2v) is 9.57. The Hall–Kier alpha value is -1.69. The van der Waals surface area contributed by atoms with Crippen molar-refractivity contribution in [3.8, 4) is 0 Å². The van der Waals surface area contributed by atoms with Gasteiger partial charge in [0.05, 0.1) is 23.5 Å². The van der Waals surface area contributed by atoms with Crippen LogP contribution in [0.5, 0.6) is 0 Å². The Balaban J connectivity index is 2.04. The first-order valence-corrected chi connectivity index (χ1v) is 11.0. The van der Waals surface area contributed by atoms with E-state index in [1.807, 2.05) is 59.1 Å². The van der Waals surface area contributed by atoms with Crippen molar-refractivity contribution in [3.63, 3.8) is 0 Å². The second-order valence-electron chi connectivity index (χ2n) is 7.38. The number of rotatable bonds is 8. The van der Waals surface area contributed by atoms with Crippen molar-refractivity contribution in [1.82, 2.24) is 8.61 Å². The molecular weight excluding hydrogens is 423 g/mol. The van der Waals surface area contributed by atoms with Crippen LogP contribution in [0.1, 0.15) is 50.7 Å². The maximum atomic E-state index is 6.12. The maximum Gasteiger partial charge on any atom is 0.102 e. The number of hydrogen-bond donors (Lipinski definition) is 0. The van der Waals surface area contributed by atoms with Crippen LogP contribution >= 0.6 is 35.3 Å². The van der Waals surface area contributed by atoms with Gasteiger partial charge >= 0.3 is 0 Å². The molecule has 7 heteroatoms. The summed E-state index contributed by atoms with van der Waals surface area (Å²) in [5, 5.41) is 1.46. The molecule has 2 rings (SSSR count). The molecule has 0 fully saturated rings. The van der Waals surface area contributed by atoms with E-state index >= 15 is 0 Å². The number of hydrogen-bond acceptors (Lipinski definition) is 3. The van der Waals surface area contributed by atoms with E-state index in [4.69, 9.17) is 23.2 Å². The van der Waals surface area contributed by atoms with Crippen LogP contribution in [0.4, 0.5) is 11.4 Å². The summed E-state index contributed by atoms with van der Waals surface area (Å²) in [6.07, 6.45) is 3.60. The van der Waals surface area contributed by atoms with Crippen LogP contribution in [-0.2, 0) is 0 Å². The predicted octanol–water partition coefficient (Wildman–Crippen LogP) is 7.69. The van der Waals surface area contributed by atoms with Gasteiger partial charge in [-0.2, -0.15) is 0 Å². The van der Waals surface area contributed by atoms with Crippen LogP contribution < -0.4 is 0 Å². The van der Waals surface area contributed by atoms with Crippen molar-refractivity contribution in [2.75, 3.05) is 14.1 Å². The molecule has 0 aromatic heterocycles. The van der Waals surface area contributed by atoms with Gasteiger partial charge in [0.15, 0.2) is 0 Å². The smallest absolute Gasteiger partial charge is 0.102 e. The van der Waals surface area contributed by atoms with Crippen molar-refractivity contribution in [2.24, 2.45) is 9.98 Å². The van der Waals surface area contributed by atoms with E-state index in [9.17, 15) is 0 Å². The summed E-state index contributed by atoms with van der Waals surface area (Å²) in [5.41, 5.74) is 4.11. The van der Waals surface area contributed by atoms with Crippen molar-refractivity contribution >= 4 is 59.4 Å². The van der Waals surface area contributed by atoms with Gasteiger partial charge in [0, 0.05) is 24.1 Å².